The lowest BCUT2D eigenvalue weighted by Gasteiger charge is -2.13. The number of hydrogen-bond acceptors (Lipinski definition) is 0. The van der Waals surface area contributed by atoms with Gasteiger partial charge in [-0.1, -0.05) is 328 Å². The average Bonchev–Trinajstić information content (AvgIpc) is 1.47. The van der Waals surface area contributed by atoms with Gasteiger partial charge < -0.3 is 18.3 Å². The molecule has 0 unspecified atom stereocenters. The summed E-state index contributed by atoms with van der Waals surface area (Å²) in [5.74, 6) is 0. The molecule has 28 rings (SSSR count). The minimum absolute atomic E-state index is 1.10. The molecule has 2 aliphatic carbocycles. The smallest absolute Gasteiger partial charge is 0.0619 e. The largest absolute Gasteiger partial charge is 0.309 e. The maximum Gasteiger partial charge on any atom is 0.0619 e. The Bertz CT molecular complexity index is 9320. The summed E-state index contributed by atoms with van der Waals surface area (Å²) in [6, 6.07) is 169. The van der Waals surface area contributed by atoms with Gasteiger partial charge in [0.15, 0.2) is 0 Å². The Balaban J connectivity index is 0.553. The lowest BCUT2D eigenvalue weighted by atomic mass is 9.92. The molecule has 590 valence electrons. The Labute approximate surface area is 737 Å². The van der Waals surface area contributed by atoms with Crippen LogP contribution in [-0.4, -0.2) is 18.3 Å². The normalized spacial score (nSPS) is 12.2. The molecule has 0 radical (unpaired) electrons. The third-order valence-corrected chi connectivity index (χ3v) is 28.2. The fraction of sp³-hybridized carbons (Fsp3) is 0. The summed E-state index contributed by atoms with van der Waals surface area (Å²) < 4.78 is 9.91. The molecule has 0 bridgehead atoms. The fourth-order valence-corrected chi connectivity index (χ4v) is 22.4. The molecule has 2 aliphatic rings. The first-order chi connectivity index (χ1) is 63.5. The van der Waals surface area contributed by atoms with Gasteiger partial charge in [-0.3, -0.25) is 0 Å². The predicted molar refractivity (Wildman–Crippen MR) is 541 cm³/mol. The van der Waals surface area contributed by atoms with Crippen molar-refractivity contribution in [2.24, 2.45) is 0 Å². The van der Waals surface area contributed by atoms with E-state index in [4.69, 9.17) is 0 Å². The number of aromatic nitrogens is 4. The first-order valence-corrected chi connectivity index (χ1v) is 44.4. The van der Waals surface area contributed by atoms with Gasteiger partial charge in [-0.25, -0.2) is 0 Å². The summed E-state index contributed by atoms with van der Waals surface area (Å²) in [6.07, 6.45) is 0. The number of para-hydroxylation sites is 3. The molecule has 0 atom stereocenters. The van der Waals surface area contributed by atoms with E-state index in [1.165, 1.54) is 214 Å². The third-order valence-electron chi connectivity index (χ3n) is 28.2. The molecule has 4 heteroatoms. The van der Waals surface area contributed by atoms with Crippen molar-refractivity contribution in [1.82, 2.24) is 18.3 Å². The second kappa shape index (κ2) is 27.3. The molecule has 26 aromatic rings. The van der Waals surface area contributed by atoms with Crippen LogP contribution in [0.4, 0.5) is 0 Å². The van der Waals surface area contributed by atoms with Gasteiger partial charge >= 0.3 is 0 Å². The van der Waals surface area contributed by atoms with Crippen molar-refractivity contribution in [1.29, 1.82) is 0 Å². The minimum Gasteiger partial charge on any atom is -0.309 e. The van der Waals surface area contributed by atoms with Gasteiger partial charge in [0, 0.05) is 76.6 Å². The molecular weight excluding hydrogens is 1550 g/mol. The van der Waals surface area contributed by atoms with Gasteiger partial charge in [0.1, 0.15) is 0 Å². The number of rotatable bonds is 11. The van der Waals surface area contributed by atoms with Crippen molar-refractivity contribution in [2.75, 3.05) is 0 Å². The number of benzene rings is 22. The number of nitrogens with zero attached hydrogens (tertiary/aromatic N) is 4. The average molecular weight is 1620 g/mol. The highest BCUT2D eigenvalue weighted by atomic mass is 15.0. The Morgan fingerprint density at radius 2 is 0.453 bits per heavy atom. The molecule has 22 aromatic carbocycles. The van der Waals surface area contributed by atoms with Crippen molar-refractivity contribution in [3.63, 3.8) is 0 Å². The van der Waals surface area contributed by atoms with Crippen molar-refractivity contribution < 1.29 is 0 Å². The fourth-order valence-electron chi connectivity index (χ4n) is 22.4. The molecule has 0 amide bonds. The maximum atomic E-state index is 2.54. The molecule has 4 heterocycles. The zero-order valence-electron chi connectivity index (χ0n) is 69.5. The Hall–Kier alpha value is -16.9. The minimum atomic E-state index is 1.10. The summed E-state index contributed by atoms with van der Waals surface area (Å²) in [7, 11) is 0. The predicted octanol–water partition coefficient (Wildman–Crippen LogP) is 33.7. The van der Waals surface area contributed by atoms with Crippen LogP contribution in [0.2, 0.25) is 0 Å². The molecular formula is C124H74N4. The van der Waals surface area contributed by atoms with E-state index >= 15 is 0 Å². The molecule has 4 aromatic heterocycles. The maximum absolute atomic E-state index is 2.54. The lowest BCUT2D eigenvalue weighted by molar-refractivity contribution is 1.18. The summed E-state index contributed by atoms with van der Waals surface area (Å²) in [5, 5.41) is 19.9. The van der Waals surface area contributed by atoms with Crippen molar-refractivity contribution in [3.8, 4) is 145 Å². The molecule has 0 spiro atoms. The van der Waals surface area contributed by atoms with Crippen LogP contribution in [-0.2, 0) is 0 Å². The highest BCUT2D eigenvalue weighted by Gasteiger charge is 2.29. The van der Waals surface area contributed by atoms with E-state index < -0.39 is 0 Å². The third kappa shape index (κ3) is 10.5. The molecule has 128 heavy (non-hydrogen) atoms. The number of fused-ring (bicyclic) bond motifs is 22. The van der Waals surface area contributed by atoms with Gasteiger partial charge in [-0.2, -0.15) is 0 Å². The van der Waals surface area contributed by atoms with Crippen LogP contribution in [0.3, 0.4) is 0 Å². The quantitative estimate of drug-likeness (QED) is 0.123. The van der Waals surface area contributed by atoms with Gasteiger partial charge in [0.25, 0.3) is 0 Å². The standard InChI is InChI=1S/C124H74N4/c1-3-31-90(32-4-1)125-114-45-12-11-39-99(114)112-71-86(53-63-115(112)125)88-51-57-100-107-58-47-75-21-7-9-37-94(75)123(107)128(118(100)73-88)93-36-16-30-83(68-93)79-26-14-28-81(66-79)85-50-56-98-106-62-61-96(102-42-19-43-105(121(102)106)111(98)70-85)103-44-20-46-117-122(103)109-60-52-89(87-54-64-116-113(72-87)108-59-48-76-22-8-10-38-95(76)124(108)127(116)91-33-5-2-6-34-91)74-119(109)126(117)92-35-15-29-82(67-92)78-25-13-27-80(65-78)84-49-55-97-101-40-17-23-77-24-18-41-104(120(77)101)110(97)69-84/h1-74H. The van der Waals surface area contributed by atoms with E-state index in [0.717, 1.165) is 61.6 Å². The summed E-state index contributed by atoms with van der Waals surface area (Å²) in [6.45, 7) is 0. The van der Waals surface area contributed by atoms with E-state index in [-0.39, 0.29) is 0 Å². The molecule has 0 fully saturated rings. The summed E-state index contributed by atoms with van der Waals surface area (Å²) >= 11 is 0. The van der Waals surface area contributed by atoms with Gasteiger partial charge in [0.05, 0.1) is 44.1 Å². The summed E-state index contributed by atoms with van der Waals surface area (Å²) in [5.41, 5.74) is 40.7. The Morgan fingerprint density at radius 1 is 0.117 bits per heavy atom. The Kier molecular flexibility index (Phi) is 15.1. The molecule has 0 N–H and O–H groups in total. The van der Waals surface area contributed by atoms with Crippen LogP contribution in [0.25, 0.3) is 275 Å². The van der Waals surface area contributed by atoms with E-state index in [2.05, 4.69) is 467 Å². The van der Waals surface area contributed by atoms with Gasteiger partial charge in [-0.15, -0.1) is 0 Å². The highest BCUT2D eigenvalue weighted by molar-refractivity contribution is 6.26. The van der Waals surface area contributed by atoms with E-state index in [9.17, 15) is 0 Å². The molecule has 0 aliphatic heterocycles. The van der Waals surface area contributed by atoms with Crippen LogP contribution in [0.15, 0.2) is 449 Å². The van der Waals surface area contributed by atoms with E-state index in [1.807, 2.05) is 0 Å². The highest BCUT2D eigenvalue weighted by Crippen LogP contribution is 2.54. The monoisotopic (exact) mass is 1620 g/mol. The Morgan fingerprint density at radius 3 is 1.07 bits per heavy atom. The zero-order valence-corrected chi connectivity index (χ0v) is 69.5. The van der Waals surface area contributed by atoms with E-state index in [1.54, 1.807) is 0 Å². The van der Waals surface area contributed by atoms with Crippen LogP contribution in [0.5, 0.6) is 0 Å². The second-order valence-electron chi connectivity index (χ2n) is 34.9. The van der Waals surface area contributed by atoms with Crippen LogP contribution in [0.1, 0.15) is 0 Å². The van der Waals surface area contributed by atoms with Gasteiger partial charge in [0.2, 0.25) is 0 Å². The zero-order chi connectivity index (χ0) is 83.5. The molecule has 0 saturated heterocycles. The van der Waals surface area contributed by atoms with Crippen LogP contribution < -0.4 is 0 Å². The van der Waals surface area contributed by atoms with Crippen LogP contribution >= 0.6 is 0 Å². The van der Waals surface area contributed by atoms with Crippen molar-refractivity contribution >= 4 is 130 Å². The first kappa shape index (κ1) is 70.6. The van der Waals surface area contributed by atoms with Gasteiger partial charge in [-0.05, 0) is 276 Å². The SMILES string of the molecule is c1ccc(-n2c3ccccc3c3cc(-c4ccc5c6ccc7ccccc7c6n(-c6cccc(-c7cccc(-c8ccc9c(c8)-c8cccc%10c(-c%11cccc%12c%11c%11ccc(-c%13ccc%14c(c%13)c%13ccc%15ccccc%15c%13n%14-c%13ccccc%13)cc%11n%12-c%11cccc(-c%12cccc(-c%13ccc%14c(c%13)-c%13cccc%15cccc-%14c%13%15)c%12)c%11)ccc-9c8%10)c7)c6)c5c4)ccc32)cc1. The lowest BCUT2D eigenvalue weighted by Crippen LogP contribution is -1.95. The topological polar surface area (TPSA) is 19.7 Å². The number of hydrogen-bond donors (Lipinski definition) is 0. The molecule has 4 nitrogen and oxygen atoms in total. The molecule has 0 saturated carbocycles. The van der Waals surface area contributed by atoms with Crippen LogP contribution in [0, 0.1) is 0 Å². The van der Waals surface area contributed by atoms with Crippen molar-refractivity contribution in [3.05, 3.63) is 449 Å². The summed E-state index contributed by atoms with van der Waals surface area (Å²) in [4.78, 5) is 0. The van der Waals surface area contributed by atoms with Crippen molar-refractivity contribution in [2.45, 2.75) is 0 Å². The van der Waals surface area contributed by atoms with E-state index in [0.29, 0.717) is 0 Å². The first-order valence-electron chi connectivity index (χ1n) is 44.4. The second-order valence-corrected chi connectivity index (χ2v) is 34.9.